The second-order valence-electron chi connectivity index (χ2n) is 7.00. The Morgan fingerprint density at radius 1 is 1.10 bits per heavy atom. The van der Waals surface area contributed by atoms with Crippen LogP contribution in [0.15, 0.2) is 53.5 Å². The minimum absolute atomic E-state index is 0. The number of amides is 1. The smallest absolute Gasteiger partial charge is 0.387 e. The Hall–Kier alpha value is -2.43. The standard InChI is InChI=1S/C22H28F2N4O2.HI/c1-25-22(28(4)15-17-8-10-19(11-9-17)30-21(23)24)26-13-12-16-6-5-7-18(14-16)20(29)27(2)3;/h5-11,14,21H,12-13,15H2,1-4H3,(H,25,26);1H. The van der Waals surface area contributed by atoms with Crippen molar-refractivity contribution in [3.05, 3.63) is 65.2 Å². The number of halogens is 3. The maximum atomic E-state index is 12.2. The third-order valence-corrected chi connectivity index (χ3v) is 4.42. The van der Waals surface area contributed by atoms with E-state index >= 15 is 0 Å². The second kappa shape index (κ2) is 13.1. The van der Waals surface area contributed by atoms with E-state index in [-0.39, 0.29) is 35.6 Å². The first-order chi connectivity index (χ1) is 14.3. The molecule has 31 heavy (non-hydrogen) atoms. The van der Waals surface area contributed by atoms with Crippen molar-refractivity contribution in [2.75, 3.05) is 34.7 Å². The van der Waals surface area contributed by atoms with Gasteiger partial charge < -0.3 is 19.9 Å². The summed E-state index contributed by atoms with van der Waals surface area (Å²) in [4.78, 5) is 19.9. The Labute approximate surface area is 199 Å². The lowest BCUT2D eigenvalue weighted by Gasteiger charge is -2.22. The summed E-state index contributed by atoms with van der Waals surface area (Å²) in [7, 11) is 7.07. The molecule has 0 atom stereocenters. The van der Waals surface area contributed by atoms with Crippen molar-refractivity contribution in [3.63, 3.8) is 0 Å². The number of alkyl halides is 2. The fraction of sp³-hybridized carbons (Fsp3) is 0.364. The van der Waals surface area contributed by atoms with Crippen LogP contribution in [0.2, 0.25) is 0 Å². The largest absolute Gasteiger partial charge is 0.435 e. The van der Waals surface area contributed by atoms with Crippen LogP contribution in [-0.4, -0.2) is 63.0 Å². The van der Waals surface area contributed by atoms with Gasteiger partial charge in [0.05, 0.1) is 0 Å². The van der Waals surface area contributed by atoms with E-state index in [2.05, 4.69) is 15.0 Å². The van der Waals surface area contributed by atoms with Gasteiger partial charge in [-0.1, -0.05) is 24.3 Å². The average molecular weight is 546 g/mol. The lowest BCUT2D eigenvalue weighted by molar-refractivity contribution is -0.0498. The molecule has 170 valence electrons. The number of ether oxygens (including phenoxy) is 1. The monoisotopic (exact) mass is 546 g/mol. The molecule has 2 rings (SSSR count). The SMILES string of the molecule is CN=C(NCCc1cccc(C(=O)N(C)C)c1)N(C)Cc1ccc(OC(F)F)cc1.I. The number of hydrogen-bond donors (Lipinski definition) is 1. The Kier molecular flexibility index (Phi) is 11.2. The highest BCUT2D eigenvalue weighted by Gasteiger charge is 2.10. The molecule has 6 nitrogen and oxygen atoms in total. The van der Waals surface area contributed by atoms with Gasteiger partial charge in [-0.3, -0.25) is 9.79 Å². The van der Waals surface area contributed by atoms with Gasteiger partial charge in [0.2, 0.25) is 0 Å². The molecule has 9 heteroatoms. The van der Waals surface area contributed by atoms with E-state index < -0.39 is 6.61 Å². The van der Waals surface area contributed by atoms with Crippen LogP contribution in [0.4, 0.5) is 8.78 Å². The molecule has 0 radical (unpaired) electrons. The zero-order chi connectivity index (χ0) is 22.1. The van der Waals surface area contributed by atoms with Crippen LogP contribution in [0, 0.1) is 0 Å². The number of carbonyl (C=O) groups excluding carboxylic acids is 1. The number of aliphatic imine (C=N–C) groups is 1. The first-order valence-corrected chi connectivity index (χ1v) is 9.56. The molecule has 0 aromatic heterocycles. The van der Waals surface area contributed by atoms with Gasteiger partial charge in [0, 0.05) is 46.8 Å². The number of guanidine groups is 1. The maximum absolute atomic E-state index is 12.2. The van der Waals surface area contributed by atoms with E-state index in [0.29, 0.717) is 24.6 Å². The van der Waals surface area contributed by atoms with Crippen molar-refractivity contribution >= 4 is 35.8 Å². The predicted molar refractivity (Wildman–Crippen MR) is 129 cm³/mol. The Morgan fingerprint density at radius 3 is 2.35 bits per heavy atom. The normalized spacial score (nSPS) is 11.0. The fourth-order valence-corrected chi connectivity index (χ4v) is 2.95. The van der Waals surface area contributed by atoms with E-state index in [1.807, 2.05) is 36.2 Å². The van der Waals surface area contributed by atoms with Crippen LogP contribution in [-0.2, 0) is 13.0 Å². The van der Waals surface area contributed by atoms with Crippen molar-refractivity contribution in [1.82, 2.24) is 15.1 Å². The fourth-order valence-electron chi connectivity index (χ4n) is 2.95. The lowest BCUT2D eigenvalue weighted by atomic mass is 10.1. The van der Waals surface area contributed by atoms with Crippen molar-refractivity contribution in [3.8, 4) is 5.75 Å². The molecule has 0 fully saturated rings. The van der Waals surface area contributed by atoms with E-state index in [9.17, 15) is 13.6 Å². The van der Waals surface area contributed by atoms with E-state index in [1.54, 1.807) is 38.2 Å². The van der Waals surface area contributed by atoms with E-state index in [0.717, 1.165) is 17.5 Å². The van der Waals surface area contributed by atoms with Crippen LogP contribution >= 0.6 is 24.0 Å². The number of nitrogens with one attached hydrogen (secondary N) is 1. The summed E-state index contributed by atoms with van der Waals surface area (Å²) in [6.45, 7) is -1.62. The molecule has 1 amide bonds. The molecule has 2 aromatic carbocycles. The molecule has 0 unspecified atom stereocenters. The zero-order valence-electron chi connectivity index (χ0n) is 18.1. The van der Waals surface area contributed by atoms with Gasteiger partial charge in [-0.05, 0) is 41.8 Å². The molecule has 0 aliphatic heterocycles. The van der Waals surface area contributed by atoms with Gasteiger partial charge in [-0.25, -0.2) is 0 Å². The summed E-state index contributed by atoms with van der Waals surface area (Å²) in [6.07, 6.45) is 0.737. The summed E-state index contributed by atoms with van der Waals surface area (Å²) in [5.41, 5.74) is 2.66. The second-order valence-corrected chi connectivity index (χ2v) is 7.00. The quantitative estimate of drug-likeness (QED) is 0.311. The lowest BCUT2D eigenvalue weighted by Crippen LogP contribution is -2.39. The summed E-state index contributed by atoms with van der Waals surface area (Å²) >= 11 is 0. The molecule has 2 aromatic rings. The van der Waals surface area contributed by atoms with Gasteiger partial charge in [-0.2, -0.15) is 8.78 Å². The molecule has 1 N–H and O–H groups in total. The molecule has 0 saturated heterocycles. The van der Waals surface area contributed by atoms with Crippen molar-refractivity contribution in [1.29, 1.82) is 0 Å². The van der Waals surface area contributed by atoms with E-state index in [4.69, 9.17) is 0 Å². The van der Waals surface area contributed by atoms with Gasteiger partial charge in [-0.15, -0.1) is 24.0 Å². The van der Waals surface area contributed by atoms with E-state index in [1.165, 1.54) is 12.1 Å². The third kappa shape index (κ3) is 8.68. The number of nitrogens with zero attached hydrogens (tertiary/aromatic N) is 3. The summed E-state index contributed by atoms with van der Waals surface area (Å²) in [6, 6.07) is 14.1. The summed E-state index contributed by atoms with van der Waals surface area (Å²) in [5, 5.41) is 3.30. The highest BCUT2D eigenvalue weighted by molar-refractivity contribution is 14.0. The number of carbonyl (C=O) groups is 1. The Morgan fingerprint density at radius 2 is 1.77 bits per heavy atom. The number of benzene rings is 2. The number of hydrogen-bond acceptors (Lipinski definition) is 3. The van der Waals surface area contributed by atoms with Crippen LogP contribution in [0.25, 0.3) is 0 Å². The minimum Gasteiger partial charge on any atom is -0.435 e. The zero-order valence-corrected chi connectivity index (χ0v) is 20.5. The average Bonchev–Trinajstić information content (AvgIpc) is 2.71. The van der Waals surface area contributed by atoms with Gasteiger partial charge in [0.1, 0.15) is 5.75 Å². The number of rotatable bonds is 8. The van der Waals surface area contributed by atoms with Gasteiger partial charge in [0.15, 0.2) is 5.96 Å². The summed E-state index contributed by atoms with van der Waals surface area (Å²) < 4.78 is 28.9. The Bertz CT molecular complexity index is 861. The molecule has 0 aliphatic rings. The predicted octanol–water partition coefficient (Wildman–Crippen LogP) is 3.86. The van der Waals surface area contributed by atoms with Gasteiger partial charge >= 0.3 is 6.61 Å². The van der Waals surface area contributed by atoms with Crippen LogP contribution in [0.3, 0.4) is 0 Å². The minimum atomic E-state index is -2.83. The molecular weight excluding hydrogens is 517 g/mol. The topological polar surface area (TPSA) is 57.2 Å². The maximum Gasteiger partial charge on any atom is 0.387 e. The highest BCUT2D eigenvalue weighted by atomic mass is 127. The molecule has 0 spiro atoms. The molecule has 0 heterocycles. The molecule has 0 saturated carbocycles. The van der Waals surface area contributed by atoms with Crippen molar-refractivity contribution in [2.24, 2.45) is 4.99 Å². The molecule has 0 aliphatic carbocycles. The highest BCUT2D eigenvalue weighted by Crippen LogP contribution is 2.16. The van der Waals surface area contributed by atoms with Crippen molar-refractivity contribution in [2.45, 2.75) is 19.6 Å². The Balaban J connectivity index is 0.00000480. The van der Waals surface area contributed by atoms with Crippen molar-refractivity contribution < 1.29 is 18.3 Å². The molecule has 0 bridgehead atoms. The van der Waals surface area contributed by atoms with Crippen LogP contribution in [0.5, 0.6) is 5.75 Å². The first kappa shape index (κ1) is 26.6. The molecular formula is C22H29F2IN4O2. The summed E-state index contributed by atoms with van der Waals surface area (Å²) in [5.74, 6) is 0.822. The third-order valence-electron chi connectivity index (χ3n) is 4.42. The van der Waals surface area contributed by atoms with Gasteiger partial charge in [0.25, 0.3) is 5.91 Å². The first-order valence-electron chi connectivity index (χ1n) is 9.56. The van der Waals surface area contributed by atoms with Crippen LogP contribution in [0.1, 0.15) is 21.5 Å². The van der Waals surface area contributed by atoms with Crippen LogP contribution < -0.4 is 10.1 Å².